The van der Waals surface area contributed by atoms with Gasteiger partial charge in [-0.05, 0) is 19.8 Å². The Morgan fingerprint density at radius 1 is 1.24 bits per heavy atom. The average molecular weight is 244 g/mol. The summed E-state index contributed by atoms with van der Waals surface area (Å²) >= 11 is 0. The van der Waals surface area contributed by atoms with Crippen LogP contribution in [0.25, 0.3) is 0 Å². The molecule has 5 nitrogen and oxygen atoms in total. The predicted molar refractivity (Wildman–Crippen MR) is 64.2 cm³/mol. The van der Waals surface area contributed by atoms with E-state index in [-0.39, 0.29) is 11.5 Å². The second-order valence-electron chi connectivity index (χ2n) is 3.36. The smallest absolute Gasteiger partial charge is 0.367 e. The van der Waals surface area contributed by atoms with Gasteiger partial charge in [0.2, 0.25) is 0 Å². The Kier molecular flexibility index (Phi) is 11.4. The van der Waals surface area contributed by atoms with E-state index in [2.05, 4.69) is 29.7 Å². The van der Waals surface area contributed by atoms with Crippen molar-refractivity contribution in [3.05, 3.63) is 24.3 Å². The topological polar surface area (TPSA) is 72.8 Å². The van der Waals surface area contributed by atoms with Gasteiger partial charge < -0.3 is 4.74 Å². The van der Waals surface area contributed by atoms with Gasteiger partial charge >= 0.3 is 11.9 Å². The van der Waals surface area contributed by atoms with Gasteiger partial charge in [-0.1, -0.05) is 26.5 Å². The quantitative estimate of drug-likeness (QED) is 0.348. The van der Waals surface area contributed by atoms with Crippen molar-refractivity contribution in [1.82, 2.24) is 0 Å². The van der Waals surface area contributed by atoms with Gasteiger partial charge in [0.1, 0.15) is 0 Å². The van der Waals surface area contributed by atoms with Gasteiger partial charge in [0.25, 0.3) is 0 Å². The van der Waals surface area contributed by atoms with Gasteiger partial charge in [0.05, 0.1) is 7.11 Å². The summed E-state index contributed by atoms with van der Waals surface area (Å²) in [5, 5.41) is 7.59. The van der Waals surface area contributed by atoms with Crippen molar-refractivity contribution in [2.24, 2.45) is 0 Å². The lowest BCUT2D eigenvalue weighted by Crippen LogP contribution is -2.02. The fraction of sp³-hybridized carbons (Fsp3) is 0.500. The van der Waals surface area contributed by atoms with Crippen molar-refractivity contribution in [3.8, 4) is 0 Å². The molecule has 17 heavy (non-hydrogen) atoms. The second kappa shape index (κ2) is 10.9. The largest absolute Gasteiger partial charge is 0.466 e. The third-order valence-electron chi connectivity index (χ3n) is 1.74. The van der Waals surface area contributed by atoms with Crippen LogP contribution < -0.4 is 0 Å². The molecule has 0 aliphatic rings. The molecule has 0 aromatic heterocycles. The zero-order valence-electron chi connectivity index (χ0n) is 10.6. The molecule has 5 heteroatoms. The van der Waals surface area contributed by atoms with Gasteiger partial charge in [-0.25, -0.2) is 9.59 Å². The Balaban J connectivity index is 0. The predicted octanol–water partition coefficient (Wildman–Crippen LogP) is 2.48. The van der Waals surface area contributed by atoms with Crippen LogP contribution in [0.15, 0.2) is 24.3 Å². The number of esters is 1. The van der Waals surface area contributed by atoms with Crippen molar-refractivity contribution >= 4 is 11.9 Å². The van der Waals surface area contributed by atoms with E-state index in [0.29, 0.717) is 5.57 Å². The maximum atomic E-state index is 10.7. The van der Waals surface area contributed by atoms with Gasteiger partial charge in [-0.3, -0.25) is 4.89 Å². The normalized spacial score (nSPS) is 8.47. The summed E-state index contributed by atoms with van der Waals surface area (Å²) in [5.41, 5.74) is 0.756. The minimum Gasteiger partial charge on any atom is -0.466 e. The molecule has 0 aliphatic carbocycles. The summed E-state index contributed by atoms with van der Waals surface area (Å²) in [6.45, 7) is 10.3. The standard InChI is InChI=1S/C8H14O2.C4H6O3/c1-4-5-6-7(2)8(9)10-3;1-3(2)4(5)7-6/h2,4-6H2,1,3H3;6H,1H2,2H3. The molecule has 0 radical (unpaired) electrons. The molecule has 0 bridgehead atoms. The number of hydrogen-bond acceptors (Lipinski definition) is 5. The highest BCUT2D eigenvalue weighted by Gasteiger charge is 2.03. The van der Waals surface area contributed by atoms with Crippen LogP contribution in [-0.4, -0.2) is 24.3 Å². The first kappa shape index (κ1) is 17.8. The van der Waals surface area contributed by atoms with E-state index in [9.17, 15) is 9.59 Å². The molecular formula is C12H20O5. The highest BCUT2D eigenvalue weighted by Crippen LogP contribution is 2.05. The summed E-state index contributed by atoms with van der Waals surface area (Å²) in [6, 6.07) is 0. The van der Waals surface area contributed by atoms with Crippen LogP contribution in [0.4, 0.5) is 0 Å². The van der Waals surface area contributed by atoms with E-state index < -0.39 is 5.97 Å². The number of rotatable bonds is 5. The number of hydrogen-bond donors (Lipinski definition) is 1. The Hall–Kier alpha value is -1.62. The van der Waals surface area contributed by atoms with Crippen LogP contribution in [-0.2, 0) is 19.2 Å². The molecule has 0 saturated carbocycles. The third-order valence-corrected chi connectivity index (χ3v) is 1.74. The first-order valence-electron chi connectivity index (χ1n) is 5.18. The summed E-state index contributed by atoms with van der Waals surface area (Å²) in [7, 11) is 1.37. The molecule has 0 fully saturated rings. The van der Waals surface area contributed by atoms with Crippen LogP contribution in [0.3, 0.4) is 0 Å². The molecule has 0 amide bonds. The summed E-state index contributed by atoms with van der Waals surface area (Å²) in [6.07, 6.45) is 2.84. The fourth-order valence-electron chi connectivity index (χ4n) is 0.714. The minimum absolute atomic E-state index is 0.183. The minimum atomic E-state index is -0.792. The number of carbonyl (C=O) groups is 2. The van der Waals surface area contributed by atoms with Crippen LogP contribution in [0.2, 0.25) is 0 Å². The summed E-state index contributed by atoms with van der Waals surface area (Å²) < 4.78 is 4.47. The lowest BCUT2D eigenvalue weighted by molar-refractivity contribution is -0.229. The molecule has 0 unspecified atom stereocenters. The van der Waals surface area contributed by atoms with Crippen molar-refractivity contribution in [2.75, 3.05) is 7.11 Å². The molecule has 1 N–H and O–H groups in total. The average Bonchev–Trinajstić information content (AvgIpc) is 2.34. The van der Waals surface area contributed by atoms with E-state index in [1.165, 1.54) is 14.0 Å². The molecule has 0 saturated heterocycles. The van der Waals surface area contributed by atoms with E-state index >= 15 is 0 Å². The van der Waals surface area contributed by atoms with Crippen molar-refractivity contribution < 1.29 is 24.5 Å². The van der Waals surface area contributed by atoms with Gasteiger partial charge in [0.15, 0.2) is 0 Å². The van der Waals surface area contributed by atoms with E-state index in [1.54, 1.807) is 0 Å². The molecule has 0 aliphatic heterocycles. The van der Waals surface area contributed by atoms with E-state index in [1.807, 2.05) is 0 Å². The molecule has 0 atom stereocenters. The van der Waals surface area contributed by atoms with E-state index in [0.717, 1.165) is 19.3 Å². The van der Waals surface area contributed by atoms with Crippen molar-refractivity contribution in [3.63, 3.8) is 0 Å². The summed E-state index contributed by atoms with van der Waals surface area (Å²) in [5.74, 6) is -1.08. The molecule has 0 rings (SSSR count). The maximum Gasteiger partial charge on any atom is 0.367 e. The zero-order chi connectivity index (χ0) is 13.8. The van der Waals surface area contributed by atoms with Crippen LogP contribution in [0.1, 0.15) is 33.1 Å². The van der Waals surface area contributed by atoms with Crippen LogP contribution >= 0.6 is 0 Å². The fourth-order valence-corrected chi connectivity index (χ4v) is 0.714. The van der Waals surface area contributed by atoms with Crippen LogP contribution in [0.5, 0.6) is 0 Å². The van der Waals surface area contributed by atoms with Gasteiger partial charge in [-0.15, -0.1) is 0 Å². The van der Waals surface area contributed by atoms with Crippen LogP contribution in [0, 0.1) is 0 Å². The van der Waals surface area contributed by atoms with Gasteiger partial charge in [-0.2, -0.15) is 5.26 Å². The highest BCUT2D eigenvalue weighted by molar-refractivity contribution is 5.87. The number of unbranched alkanes of at least 4 members (excludes halogenated alkanes) is 1. The Morgan fingerprint density at radius 3 is 2.00 bits per heavy atom. The molecule has 0 spiro atoms. The number of ether oxygens (including phenoxy) is 1. The Labute approximate surface area is 102 Å². The molecule has 98 valence electrons. The molecule has 0 heterocycles. The second-order valence-corrected chi connectivity index (χ2v) is 3.36. The van der Waals surface area contributed by atoms with Crippen molar-refractivity contribution in [2.45, 2.75) is 33.1 Å². The number of carbonyl (C=O) groups excluding carboxylic acids is 2. The lowest BCUT2D eigenvalue weighted by atomic mass is 10.1. The number of methoxy groups -OCH3 is 1. The Bertz CT molecular complexity index is 281. The monoisotopic (exact) mass is 244 g/mol. The third kappa shape index (κ3) is 10.7. The zero-order valence-corrected chi connectivity index (χ0v) is 10.6. The highest BCUT2D eigenvalue weighted by atomic mass is 17.1. The molecule has 0 aromatic carbocycles. The SMILES string of the molecule is C=C(C)C(=O)OO.C=C(CCCC)C(=O)OC. The van der Waals surface area contributed by atoms with E-state index in [4.69, 9.17) is 5.26 Å². The molecular weight excluding hydrogens is 224 g/mol. The lowest BCUT2D eigenvalue weighted by Gasteiger charge is -2.00. The van der Waals surface area contributed by atoms with Crippen molar-refractivity contribution in [1.29, 1.82) is 0 Å². The van der Waals surface area contributed by atoms with Gasteiger partial charge in [0, 0.05) is 11.1 Å². The maximum absolute atomic E-state index is 10.7. The first-order valence-corrected chi connectivity index (χ1v) is 5.18. The Morgan fingerprint density at radius 2 is 1.76 bits per heavy atom. The summed E-state index contributed by atoms with van der Waals surface area (Å²) in [4.78, 5) is 23.9. The molecule has 0 aromatic rings. The first-order chi connectivity index (χ1) is 7.90.